The van der Waals surface area contributed by atoms with E-state index >= 15 is 0 Å². The highest BCUT2D eigenvalue weighted by molar-refractivity contribution is 5.94. The van der Waals surface area contributed by atoms with E-state index in [0.29, 0.717) is 17.9 Å². The summed E-state index contributed by atoms with van der Waals surface area (Å²) in [6, 6.07) is 13.2. The number of anilines is 1. The van der Waals surface area contributed by atoms with Crippen LogP contribution in [0.3, 0.4) is 0 Å². The van der Waals surface area contributed by atoms with Crippen molar-refractivity contribution in [3.8, 4) is 0 Å². The van der Waals surface area contributed by atoms with E-state index in [1.54, 1.807) is 24.5 Å². The summed E-state index contributed by atoms with van der Waals surface area (Å²) in [6.45, 7) is 0. The van der Waals surface area contributed by atoms with E-state index in [1.165, 1.54) is 0 Å². The zero-order valence-electron chi connectivity index (χ0n) is 17.3. The van der Waals surface area contributed by atoms with Gasteiger partial charge < -0.3 is 15.6 Å². The van der Waals surface area contributed by atoms with Crippen LogP contribution < -0.4 is 10.6 Å². The molecule has 1 saturated carbocycles. The first-order valence-electron chi connectivity index (χ1n) is 10.5. The molecule has 0 radical (unpaired) electrons. The summed E-state index contributed by atoms with van der Waals surface area (Å²) in [7, 11) is 1.85. The van der Waals surface area contributed by atoms with Gasteiger partial charge in [0.25, 0.3) is 5.91 Å². The molecule has 31 heavy (non-hydrogen) atoms. The summed E-state index contributed by atoms with van der Waals surface area (Å²) in [5.74, 6) is 1.89. The fraction of sp³-hybridized carbons (Fsp3) is 0.250. The van der Waals surface area contributed by atoms with Crippen molar-refractivity contribution < 1.29 is 4.79 Å². The van der Waals surface area contributed by atoms with Crippen molar-refractivity contribution in [2.45, 2.75) is 31.2 Å². The lowest BCUT2D eigenvalue weighted by Crippen LogP contribution is -2.31. The lowest BCUT2D eigenvalue weighted by Gasteiger charge is -2.20. The van der Waals surface area contributed by atoms with Crippen LogP contribution in [0.5, 0.6) is 0 Å². The van der Waals surface area contributed by atoms with Crippen LogP contribution in [0.4, 0.5) is 5.82 Å². The van der Waals surface area contributed by atoms with Gasteiger partial charge in [0.2, 0.25) is 0 Å². The molecule has 1 amide bonds. The first kappa shape index (κ1) is 19.2. The van der Waals surface area contributed by atoms with Crippen LogP contribution in [0, 0.1) is 0 Å². The standard InChI is InChI=1S/C24H24N6O/c1-25-22-13-21(28-23(30-22)15-6-7-15)20(29-24(31)16-8-10-26-11-9-16)12-17-14-27-19-5-3-2-4-18(17)19/h2-5,8-11,13-15,20,27H,6-7,12H2,1H3,(H,29,31)(H,25,28,30)/t20-/m0/s1. The molecule has 0 saturated heterocycles. The van der Waals surface area contributed by atoms with Gasteiger partial charge in [0.15, 0.2) is 0 Å². The molecule has 1 aliphatic rings. The van der Waals surface area contributed by atoms with Gasteiger partial charge in [0, 0.05) is 60.5 Å². The van der Waals surface area contributed by atoms with E-state index in [9.17, 15) is 4.79 Å². The molecule has 4 aromatic rings. The van der Waals surface area contributed by atoms with Crippen molar-refractivity contribution in [3.05, 3.63) is 83.7 Å². The van der Waals surface area contributed by atoms with Crippen molar-refractivity contribution in [2.24, 2.45) is 0 Å². The van der Waals surface area contributed by atoms with Gasteiger partial charge in [-0.15, -0.1) is 0 Å². The second-order valence-electron chi connectivity index (χ2n) is 7.89. The number of para-hydroxylation sites is 1. The molecule has 1 aromatic carbocycles. The van der Waals surface area contributed by atoms with Gasteiger partial charge in [-0.05, 0) is 36.6 Å². The Balaban J connectivity index is 1.52. The van der Waals surface area contributed by atoms with Crippen molar-refractivity contribution in [2.75, 3.05) is 12.4 Å². The van der Waals surface area contributed by atoms with Gasteiger partial charge in [-0.3, -0.25) is 9.78 Å². The number of H-pyrrole nitrogens is 1. The van der Waals surface area contributed by atoms with Crippen LogP contribution in [0.25, 0.3) is 10.9 Å². The maximum Gasteiger partial charge on any atom is 0.251 e. The summed E-state index contributed by atoms with van der Waals surface area (Å²) < 4.78 is 0. The van der Waals surface area contributed by atoms with E-state index in [0.717, 1.165) is 46.6 Å². The van der Waals surface area contributed by atoms with Crippen LogP contribution in [-0.4, -0.2) is 32.9 Å². The van der Waals surface area contributed by atoms with E-state index in [-0.39, 0.29) is 11.9 Å². The number of aromatic amines is 1. The van der Waals surface area contributed by atoms with Gasteiger partial charge in [-0.1, -0.05) is 18.2 Å². The van der Waals surface area contributed by atoms with Crippen LogP contribution >= 0.6 is 0 Å². The maximum absolute atomic E-state index is 13.0. The third-order valence-corrected chi connectivity index (χ3v) is 5.67. The van der Waals surface area contributed by atoms with Crippen molar-refractivity contribution in [1.29, 1.82) is 0 Å². The number of nitrogens with one attached hydrogen (secondary N) is 3. The minimum atomic E-state index is -0.299. The molecule has 0 bridgehead atoms. The quantitative estimate of drug-likeness (QED) is 0.427. The highest BCUT2D eigenvalue weighted by Crippen LogP contribution is 2.39. The van der Waals surface area contributed by atoms with E-state index in [2.05, 4.69) is 37.7 Å². The lowest BCUT2D eigenvalue weighted by atomic mass is 10.0. The Bertz CT molecular complexity index is 1220. The second-order valence-corrected chi connectivity index (χ2v) is 7.89. The van der Waals surface area contributed by atoms with Crippen LogP contribution in [-0.2, 0) is 6.42 Å². The Morgan fingerprint density at radius 3 is 2.74 bits per heavy atom. The average molecular weight is 412 g/mol. The number of nitrogens with zero attached hydrogens (tertiary/aromatic N) is 3. The van der Waals surface area contributed by atoms with Gasteiger partial charge in [0.1, 0.15) is 11.6 Å². The molecule has 1 fully saturated rings. The van der Waals surface area contributed by atoms with E-state index < -0.39 is 0 Å². The molecule has 3 N–H and O–H groups in total. The number of fused-ring (bicyclic) bond motifs is 1. The van der Waals surface area contributed by atoms with Crippen LogP contribution in [0.15, 0.2) is 61.1 Å². The highest BCUT2D eigenvalue weighted by atomic mass is 16.1. The first-order chi connectivity index (χ1) is 15.2. The fourth-order valence-corrected chi connectivity index (χ4v) is 3.81. The molecule has 156 valence electrons. The number of benzene rings is 1. The molecule has 7 nitrogen and oxygen atoms in total. The molecule has 3 aromatic heterocycles. The molecule has 0 unspecified atom stereocenters. The zero-order chi connectivity index (χ0) is 21.2. The molecule has 3 heterocycles. The summed E-state index contributed by atoms with van der Waals surface area (Å²) in [5, 5.41) is 7.48. The SMILES string of the molecule is CNc1cc([C@H](Cc2c[nH]c3ccccc23)NC(=O)c2ccncc2)nc(C2CC2)n1. The number of pyridine rings is 1. The zero-order valence-corrected chi connectivity index (χ0v) is 17.3. The van der Waals surface area contributed by atoms with Crippen LogP contribution in [0.1, 0.15) is 52.2 Å². The van der Waals surface area contributed by atoms with Crippen molar-refractivity contribution >= 4 is 22.6 Å². The molecule has 7 heteroatoms. The van der Waals surface area contributed by atoms with Crippen LogP contribution in [0.2, 0.25) is 0 Å². The van der Waals surface area contributed by atoms with E-state index in [4.69, 9.17) is 4.98 Å². The maximum atomic E-state index is 13.0. The summed E-state index contributed by atoms with van der Waals surface area (Å²) in [4.78, 5) is 29.8. The Morgan fingerprint density at radius 1 is 1.16 bits per heavy atom. The van der Waals surface area contributed by atoms with E-state index in [1.807, 2.05) is 31.4 Å². The molecule has 0 spiro atoms. The number of carbonyl (C=O) groups is 1. The molecule has 0 aliphatic heterocycles. The highest BCUT2D eigenvalue weighted by Gasteiger charge is 2.29. The number of hydrogen-bond acceptors (Lipinski definition) is 5. The predicted molar refractivity (Wildman–Crippen MR) is 120 cm³/mol. The Hall–Kier alpha value is -3.74. The normalized spacial score (nSPS) is 14.4. The summed E-state index contributed by atoms with van der Waals surface area (Å²) in [5.41, 5.74) is 3.60. The van der Waals surface area contributed by atoms with Gasteiger partial charge >= 0.3 is 0 Å². The number of amides is 1. The number of hydrogen-bond donors (Lipinski definition) is 3. The van der Waals surface area contributed by atoms with Gasteiger partial charge in [-0.25, -0.2) is 9.97 Å². The lowest BCUT2D eigenvalue weighted by molar-refractivity contribution is 0.0935. The Labute approximate surface area is 180 Å². The average Bonchev–Trinajstić information content (AvgIpc) is 3.60. The Morgan fingerprint density at radius 2 is 1.97 bits per heavy atom. The fourth-order valence-electron chi connectivity index (χ4n) is 3.81. The third-order valence-electron chi connectivity index (χ3n) is 5.67. The summed E-state index contributed by atoms with van der Waals surface area (Å²) >= 11 is 0. The first-order valence-corrected chi connectivity index (χ1v) is 10.5. The van der Waals surface area contributed by atoms with Gasteiger partial charge in [0.05, 0.1) is 11.7 Å². The monoisotopic (exact) mass is 412 g/mol. The van der Waals surface area contributed by atoms with Crippen molar-refractivity contribution in [3.63, 3.8) is 0 Å². The molecular formula is C24H24N6O. The predicted octanol–water partition coefficient (Wildman–Crippen LogP) is 3.99. The largest absolute Gasteiger partial charge is 0.373 e. The number of carbonyl (C=O) groups excluding carboxylic acids is 1. The number of aromatic nitrogens is 4. The molecule has 5 rings (SSSR count). The molecule has 1 aliphatic carbocycles. The third kappa shape index (κ3) is 4.12. The van der Waals surface area contributed by atoms with Gasteiger partial charge in [-0.2, -0.15) is 0 Å². The number of rotatable bonds is 7. The topological polar surface area (TPSA) is 95.6 Å². The minimum absolute atomic E-state index is 0.148. The molecule has 1 atom stereocenters. The Kier molecular flexibility index (Phi) is 5.08. The second kappa shape index (κ2) is 8.18. The molecular weight excluding hydrogens is 388 g/mol. The minimum Gasteiger partial charge on any atom is -0.373 e. The summed E-state index contributed by atoms with van der Waals surface area (Å²) in [6.07, 6.45) is 8.10. The van der Waals surface area contributed by atoms with Crippen molar-refractivity contribution in [1.82, 2.24) is 25.3 Å². The smallest absolute Gasteiger partial charge is 0.251 e.